The van der Waals surface area contributed by atoms with Gasteiger partial charge in [-0.2, -0.15) is 5.10 Å². The van der Waals surface area contributed by atoms with Crippen LogP contribution in [-0.2, 0) is 17.9 Å². The minimum absolute atomic E-state index is 0.139. The maximum Gasteiger partial charge on any atom is 0.234 e. The molecular weight excluding hydrogens is 760 g/mol. The van der Waals surface area contributed by atoms with E-state index in [0.29, 0.717) is 39.6 Å². The third-order valence-electron chi connectivity index (χ3n) is 8.10. The van der Waals surface area contributed by atoms with E-state index in [1.165, 1.54) is 41.6 Å². The molecule has 15 heteroatoms. The molecule has 0 bridgehead atoms. The molecule has 0 aliphatic heterocycles. The van der Waals surface area contributed by atoms with Gasteiger partial charge in [0.15, 0.2) is 21.6 Å². The average Bonchev–Trinajstić information content (AvgIpc) is 3.77. The Morgan fingerprint density at radius 1 is 0.727 bits per heavy atom. The molecule has 0 spiro atoms. The molecule has 0 fully saturated rings. The molecule has 7 aromatic rings. The molecule has 0 aliphatic rings. The lowest BCUT2D eigenvalue weighted by Crippen LogP contribution is -2.15. The van der Waals surface area contributed by atoms with E-state index in [1.54, 1.807) is 42.5 Å². The summed E-state index contributed by atoms with van der Waals surface area (Å²) in [5.74, 6) is 0.818. The standard InChI is InChI=1S/C24H21ClFN5OS.C16H15FN4S/c1-16-6-12-19(13-7-16)31-22(14-27-18-10-8-17(26)9-11-18)29-30-24(31)33-15-23(32)28-21-5-3-2-4-20(21)25;1-11-2-8-14(9-3-11)21-15(19-20-16(21)22)10-18-13-6-4-12(17)5-7-13/h2-13,27H,14-15H2,1H3,(H,28,32);2-9,18H,10H2,1H3,(H,20,22). The number of thioether (sulfide) groups is 1. The van der Waals surface area contributed by atoms with Crippen LogP contribution in [0.25, 0.3) is 11.4 Å². The molecule has 0 saturated carbocycles. The van der Waals surface area contributed by atoms with E-state index < -0.39 is 0 Å². The molecule has 1 amide bonds. The number of anilines is 3. The minimum atomic E-state index is -0.294. The van der Waals surface area contributed by atoms with Gasteiger partial charge in [0.1, 0.15) is 11.6 Å². The molecule has 55 heavy (non-hydrogen) atoms. The predicted molar refractivity (Wildman–Crippen MR) is 218 cm³/mol. The Balaban J connectivity index is 0.000000203. The van der Waals surface area contributed by atoms with Gasteiger partial charge in [0, 0.05) is 22.7 Å². The Bertz CT molecular complexity index is 2400. The zero-order valence-corrected chi connectivity index (χ0v) is 32.2. The molecule has 2 aromatic heterocycles. The summed E-state index contributed by atoms with van der Waals surface area (Å²) >= 11 is 12.7. The van der Waals surface area contributed by atoms with Crippen LogP contribution in [0.5, 0.6) is 0 Å². The largest absolute Gasteiger partial charge is 0.378 e. The van der Waals surface area contributed by atoms with Crippen LogP contribution in [0.15, 0.2) is 126 Å². The fraction of sp³-hybridized carbons (Fsp3) is 0.125. The van der Waals surface area contributed by atoms with Crippen molar-refractivity contribution in [2.45, 2.75) is 32.1 Å². The van der Waals surface area contributed by atoms with Gasteiger partial charge in [-0.15, -0.1) is 10.2 Å². The normalized spacial score (nSPS) is 10.7. The first-order valence-electron chi connectivity index (χ1n) is 17.0. The van der Waals surface area contributed by atoms with Crippen LogP contribution in [0.4, 0.5) is 25.8 Å². The Kier molecular flexibility index (Phi) is 13.1. The topological polar surface area (TPSA) is 117 Å². The Labute approximate surface area is 331 Å². The number of para-hydroxylation sites is 1. The maximum atomic E-state index is 13.2. The van der Waals surface area contributed by atoms with Crippen LogP contribution in [0, 0.1) is 30.3 Å². The molecule has 7 rings (SSSR count). The number of carbonyl (C=O) groups excluding carboxylic acids is 1. The fourth-order valence-corrected chi connectivity index (χ4v) is 6.46. The number of benzene rings is 5. The summed E-state index contributed by atoms with van der Waals surface area (Å²) in [6.07, 6.45) is 0. The van der Waals surface area contributed by atoms with E-state index in [-0.39, 0.29) is 23.3 Å². The number of carbonyl (C=O) groups is 1. The number of aromatic amines is 1. The number of aryl methyl sites for hydroxylation is 2. The average molecular weight is 796 g/mol. The molecule has 4 N–H and O–H groups in total. The van der Waals surface area contributed by atoms with Gasteiger partial charge >= 0.3 is 0 Å². The summed E-state index contributed by atoms with van der Waals surface area (Å²) in [5, 5.41) is 26.0. The highest BCUT2D eigenvalue weighted by atomic mass is 35.5. The molecule has 2 heterocycles. The van der Waals surface area contributed by atoms with Crippen molar-refractivity contribution in [3.05, 3.63) is 166 Å². The van der Waals surface area contributed by atoms with Gasteiger partial charge in [-0.05, 0) is 111 Å². The van der Waals surface area contributed by atoms with E-state index >= 15 is 0 Å². The number of amides is 1. The fourth-order valence-electron chi connectivity index (χ4n) is 5.25. The molecule has 280 valence electrons. The second kappa shape index (κ2) is 18.5. The zero-order chi connectivity index (χ0) is 38.7. The number of aromatic nitrogens is 6. The summed E-state index contributed by atoms with van der Waals surface area (Å²) in [5.41, 5.74) is 6.31. The van der Waals surface area contributed by atoms with E-state index in [1.807, 2.05) is 77.6 Å². The van der Waals surface area contributed by atoms with Gasteiger partial charge in [0.2, 0.25) is 5.91 Å². The Hall–Kier alpha value is -5.83. The highest BCUT2D eigenvalue weighted by molar-refractivity contribution is 7.99. The van der Waals surface area contributed by atoms with Gasteiger partial charge in [-0.25, -0.2) is 8.78 Å². The molecular formula is C40H36ClF2N9OS2. The minimum Gasteiger partial charge on any atom is -0.378 e. The third-order valence-corrected chi connectivity index (χ3v) is 9.63. The summed E-state index contributed by atoms with van der Waals surface area (Å²) in [6.45, 7) is 4.91. The van der Waals surface area contributed by atoms with Crippen LogP contribution >= 0.6 is 35.6 Å². The lowest BCUT2D eigenvalue weighted by molar-refractivity contribution is -0.113. The molecule has 10 nitrogen and oxygen atoms in total. The molecule has 0 saturated heterocycles. The predicted octanol–water partition coefficient (Wildman–Crippen LogP) is 9.70. The molecule has 5 aromatic carbocycles. The molecule has 0 unspecified atom stereocenters. The van der Waals surface area contributed by atoms with E-state index in [4.69, 9.17) is 23.8 Å². The number of hydrogen-bond acceptors (Lipinski definition) is 8. The highest BCUT2D eigenvalue weighted by Gasteiger charge is 2.17. The SMILES string of the molecule is Cc1ccc(-n2c(CNc3ccc(F)cc3)n[nH]c2=S)cc1.Cc1ccc(-n2c(CNc3ccc(F)cc3)nnc2SCC(=O)Nc2ccccc2Cl)cc1. The molecule has 0 radical (unpaired) electrons. The van der Waals surface area contributed by atoms with Gasteiger partial charge in [-0.1, -0.05) is 70.9 Å². The van der Waals surface area contributed by atoms with Crippen LogP contribution in [-0.4, -0.2) is 41.2 Å². The quantitative estimate of drug-likeness (QED) is 0.0714. The second-order valence-corrected chi connectivity index (χ2v) is 14.0. The van der Waals surface area contributed by atoms with Crippen LogP contribution < -0.4 is 16.0 Å². The Morgan fingerprint density at radius 3 is 1.82 bits per heavy atom. The van der Waals surface area contributed by atoms with Crippen LogP contribution in [0.1, 0.15) is 22.8 Å². The van der Waals surface area contributed by atoms with Crippen molar-refractivity contribution in [2.24, 2.45) is 0 Å². The van der Waals surface area contributed by atoms with Crippen molar-refractivity contribution in [1.29, 1.82) is 0 Å². The summed E-state index contributed by atoms with van der Waals surface area (Å²) < 4.78 is 30.4. The van der Waals surface area contributed by atoms with Crippen molar-refractivity contribution in [2.75, 3.05) is 21.7 Å². The van der Waals surface area contributed by atoms with Crippen LogP contribution in [0.3, 0.4) is 0 Å². The van der Waals surface area contributed by atoms with E-state index in [0.717, 1.165) is 34.1 Å². The molecule has 0 atom stereocenters. The maximum absolute atomic E-state index is 13.2. The number of hydrogen-bond donors (Lipinski definition) is 4. The highest BCUT2D eigenvalue weighted by Crippen LogP contribution is 2.25. The number of rotatable bonds is 12. The third kappa shape index (κ3) is 10.7. The zero-order valence-electron chi connectivity index (χ0n) is 29.8. The van der Waals surface area contributed by atoms with Gasteiger partial charge < -0.3 is 16.0 Å². The van der Waals surface area contributed by atoms with Crippen molar-refractivity contribution >= 4 is 58.6 Å². The van der Waals surface area contributed by atoms with Gasteiger partial charge in [0.05, 0.1) is 29.6 Å². The van der Waals surface area contributed by atoms with Crippen molar-refractivity contribution < 1.29 is 13.6 Å². The lowest BCUT2D eigenvalue weighted by atomic mass is 10.2. The smallest absolute Gasteiger partial charge is 0.234 e. The number of H-pyrrole nitrogens is 1. The van der Waals surface area contributed by atoms with E-state index in [2.05, 4.69) is 36.3 Å². The van der Waals surface area contributed by atoms with Crippen molar-refractivity contribution in [3.63, 3.8) is 0 Å². The van der Waals surface area contributed by atoms with Crippen molar-refractivity contribution in [1.82, 2.24) is 29.5 Å². The van der Waals surface area contributed by atoms with E-state index in [9.17, 15) is 13.6 Å². The first kappa shape index (κ1) is 38.9. The summed E-state index contributed by atoms with van der Waals surface area (Å²) in [4.78, 5) is 12.5. The number of nitrogens with zero attached hydrogens (tertiary/aromatic N) is 5. The van der Waals surface area contributed by atoms with Gasteiger partial charge in [0.25, 0.3) is 0 Å². The Morgan fingerprint density at radius 2 is 1.25 bits per heavy atom. The summed E-state index contributed by atoms with van der Waals surface area (Å²) in [6, 6.07) is 35.4. The monoisotopic (exact) mass is 795 g/mol. The lowest BCUT2D eigenvalue weighted by Gasteiger charge is -2.12. The molecule has 0 aliphatic carbocycles. The first-order valence-corrected chi connectivity index (χ1v) is 18.8. The second-order valence-electron chi connectivity index (χ2n) is 12.2. The van der Waals surface area contributed by atoms with Crippen molar-refractivity contribution in [3.8, 4) is 11.4 Å². The number of nitrogens with one attached hydrogen (secondary N) is 4. The number of halogens is 3. The first-order chi connectivity index (χ1) is 26.6. The van der Waals surface area contributed by atoms with Gasteiger partial charge in [-0.3, -0.25) is 19.0 Å². The summed E-state index contributed by atoms with van der Waals surface area (Å²) in [7, 11) is 0. The van der Waals surface area contributed by atoms with Crippen LogP contribution in [0.2, 0.25) is 5.02 Å².